The van der Waals surface area contributed by atoms with Crippen LogP contribution in [0, 0.1) is 5.92 Å². The number of nitrogens with two attached hydrogens (primary N) is 1. The van der Waals surface area contributed by atoms with Crippen molar-refractivity contribution in [2.45, 2.75) is 57.0 Å². The molecule has 0 radical (unpaired) electrons. The predicted molar refractivity (Wildman–Crippen MR) is 82.3 cm³/mol. The molecule has 1 saturated heterocycles. The summed E-state index contributed by atoms with van der Waals surface area (Å²) < 4.78 is 25.8. The van der Waals surface area contributed by atoms with E-state index in [0.717, 1.165) is 44.8 Å². The molecule has 2 rings (SSSR count). The van der Waals surface area contributed by atoms with Gasteiger partial charge in [0.15, 0.2) is 0 Å². The molecular weight excluding hydrogens is 306 g/mol. The molecule has 1 aliphatic heterocycles. The zero-order chi connectivity index (χ0) is 16.3. The summed E-state index contributed by atoms with van der Waals surface area (Å²) in [7, 11) is -3.50. The van der Waals surface area contributed by atoms with Gasteiger partial charge in [0.25, 0.3) is 0 Å². The van der Waals surface area contributed by atoms with Crippen molar-refractivity contribution in [3.8, 4) is 0 Å². The number of likely N-dealkylation sites (tertiary alicyclic amines) is 1. The van der Waals surface area contributed by atoms with Crippen molar-refractivity contribution in [2.24, 2.45) is 11.7 Å². The first-order valence-electron chi connectivity index (χ1n) is 7.86. The van der Waals surface area contributed by atoms with Gasteiger partial charge in [0.2, 0.25) is 21.8 Å². The third kappa shape index (κ3) is 4.19. The fourth-order valence-corrected chi connectivity index (χ4v) is 4.31. The molecule has 7 nitrogen and oxygen atoms in total. The topological polar surface area (TPSA) is 110 Å². The Balaban J connectivity index is 2.19. The second-order valence-electron chi connectivity index (χ2n) is 6.36. The number of nitrogens with one attached hydrogen (secondary N) is 1. The maximum absolute atomic E-state index is 12.8. The lowest BCUT2D eigenvalue weighted by Crippen LogP contribution is -2.55. The number of hydrogen-bond acceptors (Lipinski definition) is 4. The molecule has 0 aromatic carbocycles. The zero-order valence-corrected chi connectivity index (χ0v) is 13.8. The van der Waals surface area contributed by atoms with Gasteiger partial charge in [-0.15, -0.1) is 0 Å². The smallest absolute Gasteiger partial charge is 0.241 e. The summed E-state index contributed by atoms with van der Waals surface area (Å²) in [5.41, 5.74) is 5.36. The molecule has 2 amide bonds. The SMILES string of the molecule is CS(=O)(=O)N[C@@H](C(=O)N1CCCC1C(N)=O)C1CCCCC1. The highest BCUT2D eigenvalue weighted by Gasteiger charge is 2.40. The second kappa shape index (κ2) is 6.95. The Kier molecular flexibility index (Phi) is 5.44. The van der Waals surface area contributed by atoms with E-state index in [9.17, 15) is 18.0 Å². The van der Waals surface area contributed by atoms with Crippen LogP contribution in [0.3, 0.4) is 0 Å². The fraction of sp³-hybridized carbons (Fsp3) is 0.857. The summed E-state index contributed by atoms with van der Waals surface area (Å²) in [5.74, 6) is -0.837. The lowest BCUT2D eigenvalue weighted by atomic mass is 9.83. The molecule has 0 aromatic rings. The first kappa shape index (κ1) is 17.2. The summed E-state index contributed by atoms with van der Waals surface area (Å²) >= 11 is 0. The van der Waals surface area contributed by atoms with Crippen molar-refractivity contribution < 1.29 is 18.0 Å². The number of carbonyl (C=O) groups is 2. The quantitative estimate of drug-likeness (QED) is 0.736. The van der Waals surface area contributed by atoms with Crippen LogP contribution < -0.4 is 10.5 Å². The number of carbonyl (C=O) groups excluding carboxylic acids is 2. The Hall–Kier alpha value is -1.15. The molecule has 22 heavy (non-hydrogen) atoms. The third-order valence-electron chi connectivity index (χ3n) is 4.59. The molecule has 0 bridgehead atoms. The van der Waals surface area contributed by atoms with Crippen LogP contribution >= 0.6 is 0 Å². The standard InChI is InChI=1S/C14H25N3O4S/c1-22(20,21)16-12(10-6-3-2-4-7-10)14(19)17-9-5-8-11(17)13(15)18/h10-12,16H,2-9H2,1H3,(H2,15,18)/t11?,12-/m1/s1. The highest BCUT2D eigenvalue weighted by Crippen LogP contribution is 2.29. The van der Waals surface area contributed by atoms with Crippen LogP contribution in [-0.4, -0.2) is 50.0 Å². The summed E-state index contributed by atoms with van der Waals surface area (Å²) in [4.78, 5) is 25.8. The van der Waals surface area contributed by atoms with Crippen LogP contribution in [0.2, 0.25) is 0 Å². The van der Waals surface area contributed by atoms with Crippen molar-refractivity contribution in [3.63, 3.8) is 0 Å². The van der Waals surface area contributed by atoms with E-state index < -0.39 is 28.0 Å². The van der Waals surface area contributed by atoms with Crippen molar-refractivity contribution in [1.82, 2.24) is 9.62 Å². The molecule has 1 unspecified atom stereocenters. The summed E-state index contributed by atoms with van der Waals surface area (Å²) in [5, 5.41) is 0. The highest BCUT2D eigenvalue weighted by atomic mass is 32.2. The van der Waals surface area contributed by atoms with E-state index in [1.165, 1.54) is 4.90 Å². The average Bonchev–Trinajstić information content (AvgIpc) is 2.93. The van der Waals surface area contributed by atoms with E-state index in [0.29, 0.717) is 13.0 Å². The number of nitrogens with zero attached hydrogens (tertiary/aromatic N) is 1. The van der Waals surface area contributed by atoms with E-state index in [1.807, 2.05) is 0 Å². The van der Waals surface area contributed by atoms with Gasteiger partial charge in [0.1, 0.15) is 12.1 Å². The molecule has 0 spiro atoms. The number of sulfonamides is 1. The minimum absolute atomic E-state index is 0.00917. The Morgan fingerprint density at radius 2 is 1.77 bits per heavy atom. The number of amides is 2. The van der Waals surface area contributed by atoms with E-state index in [2.05, 4.69) is 4.72 Å². The Morgan fingerprint density at radius 3 is 2.32 bits per heavy atom. The predicted octanol–water partition coefficient (Wildman–Crippen LogP) is -0.0392. The van der Waals surface area contributed by atoms with Crippen molar-refractivity contribution in [3.05, 3.63) is 0 Å². The molecule has 1 aliphatic carbocycles. The van der Waals surface area contributed by atoms with E-state index in [1.54, 1.807) is 0 Å². The molecular formula is C14H25N3O4S. The normalized spacial score (nSPS) is 25.1. The minimum Gasteiger partial charge on any atom is -0.368 e. The first-order valence-corrected chi connectivity index (χ1v) is 9.76. The molecule has 1 heterocycles. The van der Waals surface area contributed by atoms with Crippen LogP contribution in [-0.2, 0) is 19.6 Å². The number of hydrogen-bond donors (Lipinski definition) is 2. The maximum atomic E-state index is 12.8. The minimum atomic E-state index is -3.50. The third-order valence-corrected chi connectivity index (χ3v) is 5.27. The van der Waals surface area contributed by atoms with Gasteiger partial charge in [-0.2, -0.15) is 0 Å². The summed E-state index contributed by atoms with van der Waals surface area (Å²) in [6, 6.07) is -1.39. The Morgan fingerprint density at radius 1 is 1.14 bits per heavy atom. The van der Waals surface area contributed by atoms with Crippen LogP contribution in [0.4, 0.5) is 0 Å². The lowest BCUT2D eigenvalue weighted by molar-refractivity contribution is -0.140. The molecule has 1 saturated carbocycles. The van der Waals surface area contributed by atoms with E-state index >= 15 is 0 Å². The van der Waals surface area contributed by atoms with Gasteiger partial charge >= 0.3 is 0 Å². The van der Waals surface area contributed by atoms with Gasteiger partial charge in [-0.25, -0.2) is 13.1 Å². The van der Waals surface area contributed by atoms with Gasteiger partial charge in [-0.1, -0.05) is 19.3 Å². The monoisotopic (exact) mass is 331 g/mol. The molecule has 3 N–H and O–H groups in total. The Labute approximate surface area is 131 Å². The van der Waals surface area contributed by atoms with Gasteiger partial charge < -0.3 is 10.6 Å². The Bertz CT molecular complexity index is 528. The lowest BCUT2D eigenvalue weighted by Gasteiger charge is -2.33. The van der Waals surface area contributed by atoms with Crippen LogP contribution in [0.5, 0.6) is 0 Å². The van der Waals surface area contributed by atoms with E-state index in [4.69, 9.17) is 5.73 Å². The number of rotatable bonds is 5. The van der Waals surface area contributed by atoms with Crippen molar-refractivity contribution >= 4 is 21.8 Å². The zero-order valence-electron chi connectivity index (χ0n) is 13.0. The highest BCUT2D eigenvalue weighted by molar-refractivity contribution is 7.88. The van der Waals surface area contributed by atoms with Crippen LogP contribution in [0.25, 0.3) is 0 Å². The van der Waals surface area contributed by atoms with Crippen molar-refractivity contribution in [1.29, 1.82) is 0 Å². The maximum Gasteiger partial charge on any atom is 0.241 e. The fourth-order valence-electron chi connectivity index (χ4n) is 3.55. The molecule has 2 aliphatic rings. The van der Waals surface area contributed by atoms with Gasteiger partial charge in [-0.05, 0) is 31.6 Å². The molecule has 0 aromatic heterocycles. The van der Waals surface area contributed by atoms with Gasteiger partial charge in [-0.3, -0.25) is 9.59 Å². The average molecular weight is 331 g/mol. The van der Waals surface area contributed by atoms with Gasteiger partial charge in [0, 0.05) is 6.54 Å². The summed E-state index contributed by atoms with van der Waals surface area (Å²) in [6.07, 6.45) is 7.10. The summed E-state index contributed by atoms with van der Waals surface area (Å²) in [6.45, 7) is 0.459. The molecule has 8 heteroatoms. The van der Waals surface area contributed by atoms with Crippen molar-refractivity contribution in [2.75, 3.05) is 12.8 Å². The molecule has 2 atom stereocenters. The molecule has 126 valence electrons. The number of primary amides is 1. The second-order valence-corrected chi connectivity index (χ2v) is 8.14. The van der Waals surface area contributed by atoms with Gasteiger partial charge in [0.05, 0.1) is 6.26 Å². The largest absolute Gasteiger partial charge is 0.368 e. The van der Waals surface area contributed by atoms with Crippen LogP contribution in [0.15, 0.2) is 0 Å². The first-order chi connectivity index (χ1) is 10.3. The van der Waals surface area contributed by atoms with E-state index in [-0.39, 0.29) is 11.8 Å². The van der Waals surface area contributed by atoms with Crippen LogP contribution in [0.1, 0.15) is 44.9 Å². The molecule has 2 fully saturated rings.